The van der Waals surface area contributed by atoms with Crippen molar-refractivity contribution in [2.24, 2.45) is 7.05 Å². The molecule has 0 radical (unpaired) electrons. The maximum Gasteiger partial charge on any atom is 0.289 e. The van der Waals surface area contributed by atoms with Gasteiger partial charge in [-0.2, -0.15) is 0 Å². The van der Waals surface area contributed by atoms with Crippen molar-refractivity contribution in [1.29, 1.82) is 0 Å². The highest BCUT2D eigenvalue weighted by atomic mass is 35.5. The van der Waals surface area contributed by atoms with Crippen LogP contribution in [0, 0.1) is 0 Å². The number of piperidine rings is 1. The van der Waals surface area contributed by atoms with Crippen molar-refractivity contribution < 1.29 is 9.21 Å². The van der Waals surface area contributed by atoms with E-state index >= 15 is 0 Å². The SMILES string of the molecule is Cn1ccnc1[C@@H]1CCCN(C(=O)c2ccc(-c3ccccc3Cl)o2)C1. The fourth-order valence-electron chi connectivity index (χ4n) is 3.56. The molecule has 1 fully saturated rings. The number of likely N-dealkylation sites (tertiary alicyclic amines) is 1. The van der Waals surface area contributed by atoms with Gasteiger partial charge in [0, 0.05) is 44.0 Å². The molecule has 4 rings (SSSR count). The molecule has 3 aromatic rings. The van der Waals surface area contributed by atoms with Crippen molar-refractivity contribution >= 4 is 17.5 Å². The fraction of sp³-hybridized carbons (Fsp3) is 0.300. The number of aromatic nitrogens is 2. The summed E-state index contributed by atoms with van der Waals surface area (Å²) in [5.74, 6) is 2.16. The smallest absolute Gasteiger partial charge is 0.289 e. The molecule has 6 heteroatoms. The fourth-order valence-corrected chi connectivity index (χ4v) is 3.79. The van der Waals surface area contributed by atoms with Crippen LogP contribution in [0.5, 0.6) is 0 Å². The summed E-state index contributed by atoms with van der Waals surface area (Å²) < 4.78 is 7.85. The van der Waals surface area contributed by atoms with Crippen molar-refractivity contribution in [3.05, 3.63) is 65.4 Å². The lowest BCUT2D eigenvalue weighted by Crippen LogP contribution is -2.39. The standard InChI is InChI=1S/C20H20ClN3O2/c1-23-12-10-22-19(23)14-5-4-11-24(13-14)20(25)18-9-8-17(26-18)15-6-2-3-7-16(15)21/h2-3,6-10,12,14H,4-5,11,13H2,1H3/t14-/m1/s1. The molecule has 1 aliphatic rings. The molecule has 1 saturated heterocycles. The summed E-state index contributed by atoms with van der Waals surface area (Å²) in [5.41, 5.74) is 0.790. The van der Waals surface area contributed by atoms with Gasteiger partial charge in [-0.15, -0.1) is 0 Å². The van der Waals surface area contributed by atoms with Crippen LogP contribution in [0.4, 0.5) is 0 Å². The Kier molecular flexibility index (Phi) is 4.55. The predicted molar refractivity (Wildman–Crippen MR) is 100 cm³/mol. The second-order valence-corrected chi connectivity index (χ2v) is 7.04. The molecule has 0 unspecified atom stereocenters. The summed E-state index contributed by atoms with van der Waals surface area (Å²) in [7, 11) is 1.99. The van der Waals surface area contributed by atoms with Gasteiger partial charge in [-0.05, 0) is 37.1 Å². The van der Waals surface area contributed by atoms with Crippen LogP contribution in [-0.4, -0.2) is 33.4 Å². The first kappa shape index (κ1) is 16.9. The lowest BCUT2D eigenvalue weighted by atomic mass is 9.97. The Hall–Kier alpha value is -2.53. The van der Waals surface area contributed by atoms with Crippen molar-refractivity contribution in [3.63, 3.8) is 0 Å². The summed E-state index contributed by atoms with van der Waals surface area (Å²) in [4.78, 5) is 19.2. The van der Waals surface area contributed by atoms with Gasteiger partial charge < -0.3 is 13.9 Å². The van der Waals surface area contributed by atoms with E-state index in [1.165, 1.54) is 0 Å². The summed E-state index contributed by atoms with van der Waals surface area (Å²) in [6.45, 7) is 1.40. The minimum atomic E-state index is -0.0813. The molecule has 2 aromatic heterocycles. The molecular formula is C20H20ClN3O2. The third kappa shape index (κ3) is 3.15. The number of hydrogen-bond donors (Lipinski definition) is 0. The number of amides is 1. The van der Waals surface area contributed by atoms with Crippen LogP contribution in [0.3, 0.4) is 0 Å². The van der Waals surface area contributed by atoms with Crippen molar-refractivity contribution in [2.45, 2.75) is 18.8 Å². The quantitative estimate of drug-likeness (QED) is 0.689. The Morgan fingerprint density at radius 1 is 1.27 bits per heavy atom. The topological polar surface area (TPSA) is 51.3 Å². The number of hydrogen-bond acceptors (Lipinski definition) is 3. The van der Waals surface area contributed by atoms with E-state index in [1.807, 2.05) is 47.0 Å². The van der Waals surface area contributed by atoms with Gasteiger partial charge in [0.25, 0.3) is 5.91 Å². The van der Waals surface area contributed by atoms with Gasteiger partial charge in [-0.1, -0.05) is 23.7 Å². The molecule has 1 aliphatic heterocycles. The van der Waals surface area contributed by atoms with Gasteiger partial charge in [-0.25, -0.2) is 4.98 Å². The van der Waals surface area contributed by atoms with Crippen LogP contribution in [-0.2, 0) is 7.05 Å². The number of imidazole rings is 1. The van der Waals surface area contributed by atoms with Gasteiger partial charge in [0.15, 0.2) is 5.76 Å². The first-order chi connectivity index (χ1) is 12.6. The van der Waals surface area contributed by atoms with E-state index in [1.54, 1.807) is 18.3 Å². The lowest BCUT2D eigenvalue weighted by Gasteiger charge is -2.31. The summed E-state index contributed by atoms with van der Waals surface area (Å²) >= 11 is 6.22. The molecule has 134 valence electrons. The van der Waals surface area contributed by atoms with Gasteiger partial charge >= 0.3 is 0 Å². The van der Waals surface area contributed by atoms with Gasteiger partial charge in [0.1, 0.15) is 11.6 Å². The Morgan fingerprint density at radius 2 is 2.12 bits per heavy atom. The average Bonchev–Trinajstić information content (AvgIpc) is 3.31. The van der Waals surface area contributed by atoms with E-state index in [0.717, 1.165) is 30.8 Å². The molecule has 1 atom stereocenters. The summed E-state index contributed by atoms with van der Waals surface area (Å²) in [6.07, 6.45) is 5.75. The van der Waals surface area contributed by atoms with Crippen molar-refractivity contribution in [1.82, 2.24) is 14.5 Å². The number of rotatable bonds is 3. The summed E-state index contributed by atoms with van der Waals surface area (Å²) in [5, 5.41) is 0.605. The maximum absolute atomic E-state index is 12.9. The van der Waals surface area contributed by atoms with E-state index in [4.69, 9.17) is 16.0 Å². The highest BCUT2D eigenvalue weighted by Gasteiger charge is 2.29. The average molecular weight is 370 g/mol. The Labute approximate surface area is 157 Å². The number of carbonyl (C=O) groups is 1. The number of furan rings is 1. The van der Waals surface area contributed by atoms with Gasteiger partial charge in [0.05, 0.1) is 5.02 Å². The minimum Gasteiger partial charge on any atom is -0.451 e. The zero-order chi connectivity index (χ0) is 18.1. The largest absolute Gasteiger partial charge is 0.451 e. The number of benzene rings is 1. The second kappa shape index (κ2) is 7.00. The third-order valence-corrected chi connectivity index (χ3v) is 5.22. The number of halogens is 1. The monoisotopic (exact) mass is 369 g/mol. The first-order valence-corrected chi connectivity index (χ1v) is 9.12. The molecule has 0 aliphatic carbocycles. The molecule has 5 nitrogen and oxygen atoms in total. The predicted octanol–water partition coefficient (Wildman–Crippen LogP) is 4.35. The van der Waals surface area contributed by atoms with E-state index < -0.39 is 0 Å². The molecule has 0 bridgehead atoms. The Balaban J connectivity index is 1.53. The molecular weight excluding hydrogens is 350 g/mol. The van der Waals surface area contributed by atoms with E-state index in [0.29, 0.717) is 23.1 Å². The Morgan fingerprint density at radius 3 is 2.88 bits per heavy atom. The number of aryl methyl sites for hydroxylation is 1. The van der Waals surface area contributed by atoms with Crippen LogP contribution in [0.15, 0.2) is 53.2 Å². The van der Waals surface area contributed by atoms with Crippen LogP contribution < -0.4 is 0 Å². The van der Waals surface area contributed by atoms with Crippen LogP contribution >= 0.6 is 11.6 Å². The molecule has 1 amide bonds. The van der Waals surface area contributed by atoms with Crippen LogP contribution in [0.25, 0.3) is 11.3 Å². The maximum atomic E-state index is 12.9. The van der Waals surface area contributed by atoms with Crippen LogP contribution in [0.1, 0.15) is 35.1 Å². The highest BCUT2D eigenvalue weighted by molar-refractivity contribution is 6.33. The van der Waals surface area contributed by atoms with Crippen molar-refractivity contribution in [2.75, 3.05) is 13.1 Å². The van der Waals surface area contributed by atoms with Crippen molar-refractivity contribution in [3.8, 4) is 11.3 Å². The number of carbonyl (C=O) groups excluding carboxylic acids is 1. The van der Waals surface area contributed by atoms with Crippen LogP contribution in [0.2, 0.25) is 5.02 Å². The normalized spacial score (nSPS) is 17.5. The molecule has 3 heterocycles. The molecule has 26 heavy (non-hydrogen) atoms. The summed E-state index contributed by atoms with van der Waals surface area (Å²) in [6, 6.07) is 11.0. The first-order valence-electron chi connectivity index (χ1n) is 8.74. The van der Waals surface area contributed by atoms with E-state index in [2.05, 4.69) is 4.98 Å². The van der Waals surface area contributed by atoms with E-state index in [9.17, 15) is 4.79 Å². The molecule has 0 N–H and O–H groups in total. The third-order valence-electron chi connectivity index (χ3n) is 4.89. The zero-order valence-corrected chi connectivity index (χ0v) is 15.3. The van der Waals surface area contributed by atoms with E-state index in [-0.39, 0.29) is 11.8 Å². The molecule has 1 aromatic carbocycles. The minimum absolute atomic E-state index is 0.0813. The second-order valence-electron chi connectivity index (χ2n) is 6.63. The highest BCUT2D eigenvalue weighted by Crippen LogP contribution is 2.31. The molecule has 0 spiro atoms. The van der Waals surface area contributed by atoms with Gasteiger partial charge in [0.2, 0.25) is 0 Å². The Bertz CT molecular complexity index is 931. The number of nitrogens with zero attached hydrogens (tertiary/aromatic N) is 3. The lowest BCUT2D eigenvalue weighted by molar-refractivity contribution is 0.0672. The van der Waals surface area contributed by atoms with Gasteiger partial charge in [-0.3, -0.25) is 4.79 Å². The zero-order valence-electron chi connectivity index (χ0n) is 14.6. The molecule has 0 saturated carbocycles.